The standard InChI is InChI=1S/C14H20N2O3/c1-18-12-5-2-3-6-13(12)19-11-14(17)16-9-4-7-15-8-10-16/h2-3,5-6,15H,4,7-11H2,1H3. The fourth-order valence-corrected chi connectivity index (χ4v) is 2.06. The van der Waals surface area contributed by atoms with Gasteiger partial charge in [-0.3, -0.25) is 4.79 Å². The Morgan fingerprint density at radius 2 is 2.05 bits per heavy atom. The van der Waals surface area contributed by atoms with E-state index in [1.165, 1.54) is 0 Å². The first-order chi connectivity index (χ1) is 9.31. The summed E-state index contributed by atoms with van der Waals surface area (Å²) < 4.78 is 10.7. The van der Waals surface area contributed by atoms with Gasteiger partial charge in [-0.15, -0.1) is 0 Å². The number of amides is 1. The maximum atomic E-state index is 12.1. The lowest BCUT2D eigenvalue weighted by Gasteiger charge is -2.20. The van der Waals surface area contributed by atoms with Gasteiger partial charge in [-0.1, -0.05) is 12.1 Å². The van der Waals surface area contributed by atoms with E-state index in [2.05, 4.69) is 5.32 Å². The van der Waals surface area contributed by atoms with Crippen LogP contribution in [0, 0.1) is 0 Å². The number of para-hydroxylation sites is 2. The molecule has 19 heavy (non-hydrogen) atoms. The molecule has 0 radical (unpaired) electrons. The summed E-state index contributed by atoms with van der Waals surface area (Å²) in [6, 6.07) is 7.35. The van der Waals surface area contributed by atoms with Crippen molar-refractivity contribution in [2.75, 3.05) is 39.9 Å². The largest absolute Gasteiger partial charge is 0.493 e. The first-order valence-electron chi connectivity index (χ1n) is 6.55. The minimum Gasteiger partial charge on any atom is -0.493 e. The molecule has 1 aromatic rings. The Balaban J connectivity index is 1.88. The van der Waals surface area contributed by atoms with Crippen LogP contribution in [0.2, 0.25) is 0 Å². The third-order valence-corrected chi connectivity index (χ3v) is 3.11. The zero-order chi connectivity index (χ0) is 13.5. The quantitative estimate of drug-likeness (QED) is 0.877. The van der Waals surface area contributed by atoms with Gasteiger partial charge >= 0.3 is 0 Å². The van der Waals surface area contributed by atoms with Gasteiger partial charge in [-0.05, 0) is 25.1 Å². The molecule has 0 unspecified atom stereocenters. The third-order valence-electron chi connectivity index (χ3n) is 3.11. The lowest BCUT2D eigenvalue weighted by molar-refractivity contribution is -0.133. The summed E-state index contributed by atoms with van der Waals surface area (Å²) in [5, 5.41) is 3.27. The van der Waals surface area contributed by atoms with Gasteiger partial charge in [0, 0.05) is 19.6 Å². The molecule has 1 heterocycles. The summed E-state index contributed by atoms with van der Waals surface area (Å²) in [5.74, 6) is 1.27. The van der Waals surface area contributed by atoms with Crippen LogP contribution in [0.25, 0.3) is 0 Å². The molecule has 0 spiro atoms. The Morgan fingerprint density at radius 3 is 2.84 bits per heavy atom. The first-order valence-corrected chi connectivity index (χ1v) is 6.55. The normalized spacial score (nSPS) is 15.7. The Labute approximate surface area is 113 Å². The van der Waals surface area contributed by atoms with Gasteiger partial charge in [0.15, 0.2) is 18.1 Å². The maximum absolute atomic E-state index is 12.1. The number of methoxy groups -OCH3 is 1. The fraction of sp³-hybridized carbons (Fsp3) is 0.500. The highest BCUT2D eigenvalue weighted by Crippen LogP contribution is 2.25. The number of rotatable bonds is 4. The molecular weight excluding hydrogens is 244 g/mol. The number of benzene rings is 1. The second-order valence-electron chi connectivity index (χ2n) is 4.42. The van der Waals surface area contributed by atoms with E-state index < -0.39 is 0 Å². The monoisotopic (exact) mass is 264 g/mol. The number of hydrogen-bond donors (Lipinski definition) is 1. The second kappa shape index (κ2) is 6.99. The van der Waals surface area contributed by atoms with Gasteiger partial charge in [-0.25, -0.2) is 0 Å². The van der Waals surface area contributed by atoms with Crippen LogP contribution in [-0.4, -0.2) is 50.7 Å². The number of nitrogens with one attached hydrogen (secondary N) is 1. The van der Waals surface area contributed by atoms with Crippen LogP contribution in [0.15, 0.2) is 24.3 Å². The molecule has 1 aromatic carbocycles. The average Bonchev–Trinajstić information content (AvgIpc) is 2.74. The minimum atomic E-state index is 0.0228. The van der Waals surface area contributed by atoms with E-state index in [0.29, 0.717) is 11.5 Å². The Hall–Kier alpha value is -1.75. The lowest BCUT2D eigenvalue weighted by atomic mass is 10.3. The summed E-state index contributed by atoms with van der Waals surface area (Å²) in [6.45, 7) is 3.41. The lowest BCUT2D eigenvalue weighted by Crippen LogP contribution is -2.37. The second-order valence-corrected chi connectivity index (χ2v) is 4.42. The Kier molecular flexibility index (Phi) is 5.03. The fourth-order valence-electron chi connectivity index (χ4n) is 2.06. The average molecular weight is 264 g/mol. The molecule has 0 aromatic heterocycles. The van der Waals surface area contributed by atoms with Crippen molar-refractivity contribution in [1.29, 1.82) is 0 Å². The molecule has 1 saturated heterocycles. The molecule has 1 fully saturated rings. The molecule has 0 saturated carbocycles. The number of carbonyl (C=O) groups excluding carboxylic acids is 1. The topological polar surface area (TPSA) is 50.8 Å². The molecule has 5 nitrogen and oxygen atoms in total. The SMILES string of the molecule is COc1ccccc1OCC(=O)N1CCCNCC1. The summed E-state index contributed by atoms with van der Waals surface area (Å²) in [4.78, 5) is 13.9. The van der Waals surface area contributed by atoms with Gasteiger partial charge in [0.05, 0.1) is 7.11 Å². The molecule has 1 aliphatic rings. The van der Waals surface area contributed by atoms with Crippen molar-refractivity contribution in [2.45, 2.75) is 6.42 Å². The van der Waals surface area contributed by atoms with Gasteiger partial charge in [-0.2, -0.15) is 0 Å². The van der Waals surface area contributed by atoms with Crippen LogP contribution in [0.5, 0.6) is 11.5 Å². The Morgan fingerprint density at radius 1 is 1.26 bits per heavy atom. The highest BCUT2D eigenvalue weighted by atomic mass is 16.5. The van der Waals surface area contributed by atoms with E-state index in [0.717, 1.165) is 32.6 Å². The van der Waals surface area contributed by atoms with Crippen LogP contribution < -0.4 is 14.8 Å². The Bertz CT molecular complexity index is 415. The van der Waals surface area contributed by atoms with E-state index in [-0.39, 0.29) is 12.5 Å². The number of nitrogens with zero attached hydrogens (tertiary/aromatic N) is 1. The molecule has 2 rings (SSSR count). The molecule has 104 valence electrons. The molecule has 0 aliphatic carbocycles. The maximum Gasteiger partial charge on any atom is 0.260 e. The zero-order valence-electron chi connectivity index (χ0n) is 11.2. The predicted molar refractivity (Wildman–Crippen MR) is 72.6 cm³/mol. The number of hydrogen-bond acceptors (Lipinski definition) is 4. The molecular formula is C14H20N2O3. The van der Waals surface area contributed by atoms with E-state index in [1.54, 1.807) is 13.2 Å². The van der Waals surface area contributed by atoms with E-state index in [9.17, 15) is 4.79 Å². The minimum absolute atomic E-state index is 0.0228. The first kappa shape index (κ1) is 13.7. The number of carbonyl (C=O) groups is 1. The van der Waals surface area contributed by atoms with Crippen molar-refractivity contribution < 1.29 is 14.3 Å². The highest BCUT2D eigenvalue weighted by Gasteiger charge is 2.16. The van der Waals surface area contributed by atoms with E-state index in [4.69, 9.17) is 9.47 Å². The van der Waals surface area contributed by atoms with Crippen molar-refractivity contribution in [2.24, 2.45) is 0 Å². The van der Waals surface area contributed by atoms with Gasteiger partial charge in [0.2, 0.25) is 0 Å². The highest BCUT2D eigenvalue weighted by molar-refractivity contribution is 5.77. The molecule has 1 aliphatic heterocycles. The van der Waals surface area contributed by atoms with Crippen LogP contribution in [-0.2, 0) is 4.79 Å². The van der Waals surface area contributed by atoms with Gasteiger partial charge in [0.1, 0.15) is 0 Å². The summed E-state index contributed by atoms with van der Waals surface area (Å²) in [7, 11) is 1.59. The molecule has 0 atom stereocenters. The smallest absolute Gasteiger partial charge is 0.260 e. The van der Waals surface area contributed by atoms with E-state index >= 15 is 0 Å². The van der Waals surface area contributed by atoms with Crippen LogP contribution in [0.4, 0.5) is 0 Å². The van der Waals surface area contributed by atoms with Gasteiger partial charge in [0.25, 0.3) is 5.91 Å². The molecule has 1 N–H and O–H groups in total. The van der Waals surface area contributed by atoms with Crippen molar-refractivity contribution in [3.8, 4) is 11.5 Å². The van der Waals surface area contributed by atoms with Crippen LogP contribution in [0.3, 0.4) is 0 Å². The van der Waals surface area contributed by atoms with Crippen molar-refractivity contribution in [3.05, 3.63) is 24.3 Å². The van der Waals surface area contributed by atoms with Crippen molar-refractivity contribution in [3.63, 3.8) is 0 Å². The summed E-state index contributed by atoms with van der Waals surface area (Å²) in [5.41, 5.74) is 0. The number of ether oxygens (including phenoxy) is 2. The molecule has 1 amide bonds. The summed E-state index contributed by atoms with van der Waals surface area (Å²) in [6.07, 6.45) is 0.987. The summed E-state index contributed by atoms with van der Waals surface area (Å²) >= 11 is 0. The molecule has 5 heteroatoms. The van der Waals surface area contributed by atoms with Crippen LogP contribution >= 0.6 is 0 Å². The zero-order valence-corrected chi connectivity index (χ0v) is 11.2. The van der Waals surface area contributed by atoms with E-state index in [1.807, 2.05) is 23.1 Å². The predicted octanol–water partition coefficient (Wildman–Crippen LogP) is 0.896. The van der Waals surface area contributed by atoms with Crippen molar-refractivity contribution in [1.82, 2.24) is 10.2 Å². The van der Waals surface area contributed by atoms with Crippen LogP contribution in [0.1, 0.15) is 6.42 Å². The third kappa shape index (κ3) is 3.86. The molecule has 0 bridgehead atoms. The van der Waals surface area contributed by atoms with Crippen molar-refractivity contribution >= 4 is 5.91 Å². The van der Waals surface area contributed by atoms with Gasteiger partial charge < -0.3 is 19.7 Å².